The molecule has 1 N–H and O–H groups in total. The van der Waals surface area contributed by atoms with E-state index in [2.05, 4.69) is 9.36 Å². The number of nitrogens with zero attached hydrogens (tertiary/aromatic N) is 1. The Balaban J connectivity index is 2.66. The summed E-state index contributed by atoms with van der Waals surface area (Å²) < 4.78 is 3.96. The van der Waals surface area contributed by atoms with Crippen LogP contribution in [-0.4, -0.2) is 21.9 Å². The lowest BCUT2D eigenvalue weighted by molar-refractivity contribution is 0.111. The van der Waals surface area contributed by atoms with Crippen LogP contribution in [0.1, 0.15) is 26.4 Å². The molecule has 0 saturated heterocycles. The van der Waals surface area contributed by atoms with Crippen molar-refractivity contribution in [3.63, 3.8) is 0 Å². The summed E-state index contributed by atoms with van der Waals surface area (Å²) in [6.45, 7) is 1.74. The van der Waals surface area contributed by atoms with E-state index >= 15 is 0 Å². The normalized spacial score (nSPS) is 10.2. The van der Waals surface area contributed by atoms with Gasteiger partial charge in [-0.15, -0.1) is 0 Å². The molecule has 2 aromatic rings. The van der Waals surface area contributed by atoms with Crippen molar-refractivity contribution >= 4 is 24.1 Å². The molecule has 0 spiro atoms. The van der Waals surface area contributed by atoms with Crippen molar-refractivity contribution in [1.82, 2.24) is 9.36 Å². The molecule has 0 unspecified atom stereocenters. The average Bonchev–Trinajstić information content (AvgIpc) is 2.84. The summed E-state index contributed by atoms with van der Waals surface area (Å²) in [6, 6.07) is 1.80. The van der Waals surface area contributed by atoms with Crippen LogP contribution in [0.3, 0.4) is 0 Å². The second kappa shape index (κ2) is 3.78. The molecule has 0 aliphatic heterocycles. The van der Waals surface area contributed by atoms with Gasteiger partial charge in [0.25, 0.3) is 0 Å². The number of aldehydes is 2. The van der Waals surface area contributed by atoms with Crippen LogP contribution >= 0.6 is 11.5 Å². The van der Waals surface area contributed by atoms with Crippen molar-refractivity contribution in [2.24, 2.45) is 0 Å². The van der Waals surface area contributed by atoms with E-state index in [4.69, 9.17) is 0 Å². The van der Waals surface area contributed by atoms with Crippen LogP contribution in [0, 0.1) is 6.92 Å². The van der Waals surface area contributed by atoms with Crippen molar-refractivity contribution in [1.29, 1.82) is 0 Å². The molecule has 0 aliphatic rings. The molecule has 0 bridgehead atoms. The fourth-order valence-corrected chi connectivity index (χ4v) is 2.04. The molecular weight excluding hydrogens is 212 g/mol. The number of carbonyl (C=O) groups excluding carboxylic acids is 2. The van der Waals surface area contributed by atoms with E-state index in [-0.39, 0.29) is 0 Å². The Morgan fingerprint density at radius 1 is 1.40 bits per heavy atom. The molecule has 0 amide bonds. The summed E-state index contributed by atoms with van der Waals surface area (Å²) in [5.74, 6) is 0. The molecule has 2 rings (SSSR count). The number of nitrogens with one attached hydrogen (secondary N) is 1. The number of rotatable bonds is 3. The lowest BCUT2D eigenvalue weighted by atomic mass is 10.1. The molecule has 0 atom stereocenters. The van der Waals surface area contributed by atoms with Gasteiger partial charge < -0.3 is 4.98 Å². The van der Waals surface area contributed by atoms with E-state index in [1.165, 1.54) is 11.5 Å². The standard InChI is InChI=1S/C10H8N2O2S/c1-6-7(4-13)10(12-8(6)5-14)9-2-3-11-15-9/h2-5,12H,1H3. The molecule has 15 heavy (non-hydrogen) atoms. The van der Waals surface area contributed by atoms with E-state index in [1.54, 1.807) is 19.2 Å². The number of aromatic amines is 1. The Morgan fingerprint density at radius 3 is 2.73 bits per heavy atom. The zero-order valence-corrected chi connectivity index (χ0v) is 8.80. The summed E-state index contributed by atoms with van der Waals surface area (Å²) in [6.07, 6.45) is 3.13. The smallest absolute Gasteiger partial charge is 0.166 e. The van der Waals surface area contributed by atoms with Gasteiger partial charge in [-0.05, 0) is 30.1 Å². The number of hydrogen-bond acceptors (Lipinski definition) is 4. The number of hydrogen-bond donors (Lipinski definition) is 1. The molecule has 2 heterocycles. The van der Waals surface area contributed by atoms with Gasteiger partial charge in [-0.2, -0.15) is 0 Å². The molecule has 2 aromatic heterocycles. The van der Waals surface area contributed by atoms with Gasteiger partial charge in [-0.3, -0.25) is 9.59 Å². The quantitative estimate of drug-likeness (QED) is 0.805. The first-order chi connectivity index (χ1) is 7.27. The third kappa shape index (κ3) is 1.50. The van der Waals surface area contributed by atoms with Crippen LogP contribution in [-0.2, 0) is 0 Å². The van der Waals surface area contributed by atoms with Crippen molar-refractivity contribution in [2.45, 2.75) is 6.92 Å². The molecular formula is C10H8N2O2S. The van der Waals surface area contributed by atoms with Crippen molar-refractivity contribution < 1.29 is 9.59 Å². The van der Waals surface area contributed by atoms with Crippen molar-refractivity contribution in [2.75, 3.05) is 0 Å². The van der Waals surface area contributed by atoms with Crippen LogP contribution < -0.4 is 0 Å². The van der Waals surface area contributed by atoms with Crippen LogP contribution in [0.5, 0.6) is 0 Å². The summed E-state index contributed by atoms with van der Waals surface area (Å²) in [5.41, 5.74) is 2.33. The molecule has 0 aromatic carbocycles. The minimum absolute atomic E-state index is 0.445. The zero-order chi connectivity index (χ0) is 10.8. The van der Waals surface area contributed by atoms with E-state index in [0.717, 1.165) is 11.2 Å². The van der Waals surface area contributed by atoms with Crippen LogP contribution in [0.15, 0.2) is 12.3 Å². The van der Waals surface area contributed by atoms with Gasteiger partial charge in [0.2, 0.25) is 0 Å². The number of carbonyl (C=O) groups is 2. The van der Waals surface area contributed by atoms with E-state index in [0.29, 0.717) is 28.8 Å². The maximum Gasteiger partial charge on any atom is 0.166 e. The minimum Gasteiger partial charge on any atom is -0.351 e. The summed E-state index contributed by atoms with van der Waals surface area (Å²) in [5, 5.41) is 0. The SMILES string of the molecule is Cc1c(C=O)[nH]c(-c2ccns2)c1C=O. The van der Waals surface area contributed by atoms with Crippen molar-refractivity contribution in [3.05, 3.63) is 29.1 Å². The van der Waals surface area contributed by atoms with Gasteiger partial charge in [0.05, 0.1) is 16.3 Å². The summed E-state index contributed by atoms with van der Waals surface area (Å²) in [7, 11) is 0. The van der Waals surface area contributed by atoms with Gasteiger partial charge in [-0.1, -0.05) is 0 Å². The van der Waals surface area contributed by atoms with Crippen LogP contribution in [0.4, 0.5) is 0 Å². The number of H-pyrrole nitrogens is 1. The predicted molar refractivity (Wildman–Crippen MR) is 57.4 cm³/mol. The Morgan fingerprint density at radius 2 is 2.20 bits per heavy atom. The fourth-order valence-electron chi connectivity index (χ4n) is 1.43. The summed E-state index contributed by atoms with van der Waals surface area (Å²) >= 11 is 1.28. The Kier molecular flexibility index (Phi) is 2.47. The first-order valence-corrected chi connectivity index (χ1v) is 5.09. The molecule has 0 saturated carbocycles. The van der Waals surface area contributed by atoms with Crippen LogP contribution in [0.2, 0.25) is 0 Å². The average molecular weight is 220 g/mol. The highest BCUT2D eigenvalue weighted by atomic mass is 32.1. The molecule has 0 radical (unpaired) electrons. The van der Waals surface area contributed by atoms with E-state index < -0.39 is 0 Å². The Hall–Kier alpha value is -1.75. The van der Waals surface area contributed by atoms with Crippen molar-refractivity contribution in [3.8, 4) is 10.6 Å². The molecule has 5 heteroatoms. The first kappa shape index (κ1) is 9.79. The third-order valence-electron chi connectivity index (χ3n) is 2.26. The minimum atomic E-state index is 0.445. The number of aromatic nitrogens is 2. The Labute approximate surface area is 90.1 Å². The highest BCUT2D eigenvalue weighted by Gasteiger charge is 2.15. The largest absolute Gasteiger partial charge is 0.351 e. The third-order valence-corrected chi connectivity index (χ3v) is 3.02. The van der Waals surface area contributed by atoms with E-state index in [1.807, 2.05) is 0 Å². The maximum absolute atomic E-state index is 10.9. The highest BCUT2D eigenvalue weighted by molar-refractivity contribution is 7.09. The van der Waals surface area contributed by atoms with Gasteiger partial charge in [-0.25, -0.2) is 4.37 Å². The first-order valence-electron chi connectivity index (χ1n) is 4.32. The van der Waals surface area contributed by atoms with Gasteiger partial charge in [0.15, 0.2) is 12.6 Å². The van der Waals surface area contributed by atoms with E-state index in [9.17, 15) is 9.59 Å². The highest BCUT2D eigenvalue weighted by Crippen LogP contribution is 2.28. The van der Waals surface area contributed by atoms with Gasteiger partial charge >= 0.3 is 0 Å². The molecule has 0 aliphatic carbocycles. The second-order valence-electron chi connectivity index (χ2n) is 3.06. The maximum atomic E-state index is 10.9. The fraction of sp³-hybridized carbons (Fsp3) is 0.100. The molecule has 76 valence electrons. The topological polar surface area (TPSA) is 62.8 Å². The zero-order valence-electron chi connectivity index (χ0n) is 7.98. The van der Waals surface area contributed by atoms with Gasteiger partial charge in [0, 0.05) is 11.8 Å². The lowest BCUT2D eigenvalue weighted by Crippen LogP contribution is -1.84. The van der Waals surface area contributed by atoms with Gasteiger partial charge in [0.1, 0.15) is 0 Å². The lowest BCUT2D eigenvalue weighted by Gasteiger charge is -1.92. The predicted octanol–water partition coefficient (Wildman–Crippen LogP) is 2.07. The van der Waals surface area contributed by atoms with Crippen LogP contribution in [0.25, 0.3) is 10.6 Å². The monoisotopic (exact) mass is 220 g/mol. The second-order valence-corrected chi connectivity index (χ2v) is 3.90. The molecule has 4 nitrogen and oxygen atoms in total. The summed E-state index contributed by atoms with van der Waals surface area (Å²) in [4.78, 5) is 25.4. The molecule has 0 fully saturated rings. The Bertz CT molecular complexity index is 500.